The van der Waals surface area contributed by atoms with Crippen LogP contribution in [0.4, 0.5) is 0 Å². The highest BCUT2D eigenvalue weighted by Crippen LogP contribution is 2.20. The van der Waals surface area contributed by atoms with Crippen LogP contribution in [0.1, 0.15) is 5.56 Å². The Labute approximate surface area is 103 Å². The Morgan fingerprint density at radius 3 is 2.73 bits per heavy atom. The normalized spacial score (nSPS) is 10.1. The van der Waals surface area contributed by atoms with Gasteiger partial charge in [-0.2, -0.15) is 0 Å². The van der Waals surface area contributed by atoms with Crippen LogP contribution in [0.5, 0.6) is 0 Å². The molecule has 1 aromatic rings. The summed E-state index contributed by atoms with van der Waals surface area (Å²) in [6, 6.07) is 6.45. The summed E-state index contributed by atoms with van der Waals surface area (Å²) in [5.74, 6) is 0. The summed E-state index contributed by atoms with van der Waals surface area (Å²) in [4.78, 5) is 0. The van der Waals surface area contributed by atoms with E-state index < -0.39 is 0 Å². The van der Waals surface area contributed by atoms with Gasteiger partial charge in [0.05, 0.1) is 0 Å². The van der Waals surface area contributed by atoms with Gasteiger partial charge in [0.1, 0.15) is 0 Å². The van der Waals surface area contributed by atoms with Gasteiger partial charge < -0.3 is 0 Å². The lowest BCUT2D eigenvalue weighted by atomic mass is 10.2. The lowest BCUT2D eigenvalue weighted by molar-refractivity contribution is 1.16. The number of rotatable bonds is 2. The summed E-state index contributed by atoms with van der Waals surface area (Å²) in [5, 5.41) is 0. The molecule has 0 heterocycles. The van der Waals surface area contributed by atoms with E-state index in [-0.39, 0.29) is 0 Å². The first kappa shape index (κ1) is 10.2. The molecule has 0 saturated heterocycles. The van der Waals surface area contributed by atoms with E-state index in [0.717, 1.165) is 6.42 Å². The summed E-state index contributed by atoms with van der Waals surface area (Å²) < 4.78 is 3.72. The first-order valence-corrected chi connectivity index (χ1v) is 6.63. The fraction of sp³-hybridized carbons (Fsp3) is 0.250. The zero-order valence-corrected chi connectivity index (χ0v) is 11.7. The fourth-order valence-electron chi connectivity index (χ4n) is 0.837. The highest BCUT2D eigenvalue weighted by atomic mass is 127. The number of hydrogen-bond acceptors (Lipinski definition) is 0. The second-order valence-electron chi connectivity index (χ2n) is 2.17. The van der Waals surface area contributed by atoms with Gasteiger partial charge in [-0.15, -0.1) is 0 Å². The minimum absolute atomic E-state index is 1.15. The summed E-state index contributed by atoms with van der Waals surface area (Å²) in [5.41, 5.74) is 1.41. The van der Waals surface area contributed by atoms with Crippen molar-refractivity contribution in [1.82, 2.24) is 0 Å². The minimum Gasteiger partial charge on any atom is -0.0860 e. The summed E-state index contributed by atoms with van der Waals surface area (Å²) in [6.45, 7) is 0. The van der Waals surface area contributed by atoms with Gasteiger partial charge in [0, 0.05) is 12.5 Å². The standard InChI is InChI=1S/C8H7BrI2/c9-8-2-1-7(11)5-6(8)3-4-10/h1-2,5H,3-4H2. The maximum atomic E-state index is 3.52. The molecular weight excluding hydrogens is 430 g/mol. The molecule has 1 aromatic carbocycles. The van der Waals surface area contributed by atoms with Crippen molar-refractivity contribution in [3.63, 3.8) is 0 Å². The highest BCUT2D eigenvalue weighted by Gasteiger charge is 1.98. The Morgan fingerprint density at radius 2 is 2.09 bits per heavy atom. The number of hydrogen-bond donors (Lipinski definition) is 0. The molecule has 0 spiro atoms. The van der Waals surface area contributed by atoms with Gasteiger partial charge in [0.2, 0.25) is 0 Å². The van der Waals surface area contributed by atoms with Crippen molar-refractivity contribution >= 4 is 61.1 Å². The molecule has 0 aromatic heterocycles. The number of halogens is 3. The Bertz CT molecular complexity index is 248. The molecule has 0 bridgehead atoms. The Balaban J connectivity index is 2.93. The highest BCUT2D eigenvalue weighted by molar-refractivity contribution is 14.1. The van der Waals surface area contributed by atoms with Gasteiger partial charge in [-0.1, -0.05) is 38.5 Å². The second kappa shape index (κ2) is 5.01. The molecule has 11 heavy (non-hydrogen) atoms. The van der Waals surface area contributed by atoms with Gasteiger partial charge in [-0.3, -0.25) is 0 Å². The van der Waals surface area contributed by atoms with E-state index in [2.05, 4.69) is 79.3 Å². The summed E-state index contributed by atoms with van der Waals surface area (Å²) >= 11 is 8.26. The second-order valence-corrected chi connectivity index (χ2v) is 5.35. The van der Waals surface area contributed by atoms with Crippen LogP contribution in [0.2, 0.25) is 0 Å². The molecular formula is C8H7BrI2. The predicted octanol–water partition coefficient (Wildman–Crippen LogP) is 4.03. The molecule has 0 nitrogen and oxygen atoms in total. The summed E-state index contributed by atoms with van der Waals surface area (Å²) in [6.07, 6.45) is 1.15. The quantitative estimate of drug-likeness (QED) is 0.485. The smallest absolute Gasteiger partial charge is 0.0208 e. The van der Waals surface area contributed by atoms with E-state index in [0.29, 0.717) is 0 Å². The van der Waals surface area contributed by atoms with Crippen LogP contribution in [0.3, 0.4) is 0 Å². The molecule has 0 aliphatic heterocycles. The first-order chi connectivity index (χ1) is 5.24. The Morgan fingerprint density at radius 1 is 1.36 bits per heavy atom. The molecule has 0 radical (unpaired) electrons. The van der Waals surface area contributed by atoms with Gasteiger partial charge >= 0.3 is 0 Å². The van der Waals surface area contributed by atoms with Crippen LogP contribution < -0.4 is 0 Å². The zero-order valence-electron chi connectivity index (χ0n) is 5.78. The van der Waals surface area contributed by atoms with Crippen molar-refractivity contribution in [1.29, 1.82) is 0 Å². The maximum Gasteiger partial charge on any atom is 0.0208 e. The van der Waals surface area contributed by atoms with Crippen molar-refractivity contribution < 1.29 is 0 Å². The molecule has 0 aliphatic carbocycles. The van der Waals surface area contributed by atoms with Gasteiger partial charge in [0.15, 0.2) is 0 Å². The van der Waals surface area contributed by atoms with Crippen LogP contribution >= 0.6 is 61.1 Å². The van der Waals surface area contributed by atoms with E-state index in [4.69, 9.17) is 0 Å². The molecule has 0 fully saturated rings. The molecule has 1 rings (SSSR count). The van der Waals surface area contributed by atoms with Gasteiger partial charge in [0.25, 0.3) is 0 Å². The summed E-state index contributed by atoms with van der Waals surface area (Å²) in [7, 11) is 0. The predicted molar refractivity (Wildman–Crippen MR) is 69.5 cm³/mol. The largest absolute Gasteiger partial charge is 0.0860 e. The van der Waals surface area contributed by atoms with Crippen molar-refractivity contribution in [3.05, 3.63) is 31.8 Å². The topological polar surface area (TPSA) is 0 Å². The molecule has 0 atom stereocenters. The number of aryl methyl sites for hydroxylation is 1. The van der Waals surface area contributed by atoms with E-state index in [1.54, 1.807) is 0 Å². The molecule has 3 heteroatoms. The monoisotopic (exact) mass is 436 g/mol. The molecule has 0 unspecified atom stereocenters. The van der Waals surface area contributed by atoms with Crippen molar-refractivity contribution in [3.8, 4) is 0 Å². The van der Waals surface area contributed by atoms with Crippen molar-refractivity contribution in [2.45, 2.75) is 6.42 Å². The average Bonchev–Trinajstić information content (AvgIpc) is 1.98. The van der Waals surface area contributed by atoms with Crippen LogP contribution in [0.25, 0.3) is 0 Å². The van der Waals surface area contributed by atoms with Crippen LogP contribution in [0.15, 0.2) is 22.7 Å². The Hall–Kier alpha value is 1.16. The maximum absolute atomic E-state index is 3.52. The first-order valence-electron chi connectivity index (χ1n) is 3.24. The van der Waals surface area contributed by atoms with E-state index >= 15 is 0 Å². The lowest BCUT2D eigenvalue weighted by Crippen LogP contribution is -1.87. The fourth-order valence-corrected chi connectivity index (χ4v) is 2.42. The van der Waals surface area contributed by atoms with E-state index in [9.17, 15) is 0 Å². The van der Waals surface area contributed by atoms with E-state index in [1.165, 1.54) is 18.0 Å². The number of alkyl halides is 1. The van der Waals surface area contributed by atoms with Gasteiger partial charge in [-0.05, 0) is 52.8 Å². The molecule has 0 amide bonds. The molecule has 60 valence electrons. The third-order valence-electron chi connectivity index (χ3n) is 1.37. The average molecular weight is 437 g/mol. The lowest BCUT2D eigenvalue weighted by Gasteiger charge is -2.01. The SMILES string of the molecule is Brc1ccc(I)cc1CCI. The number of benzene rings is 1. The van der Waals surface area contributed by atoms with Crippen LogP contribution in [-0.2, 0) is 6.42 Å². The molecule has 0 N–H and O–H groups in total. The molecule has 0 aliphatic rings. The van der Waals surface area contributed by atoms with Crippen molar-refractivity contribution in [2.75, 3.05) is 4.43 Å². The molecule has 0 saturated carbocycles. The van der Waals surface area contributed by atoms with Crippen LogP contribution in [-0.4, -0.2) is 4.43 Å². The van der Waals surface area contributed by atoms with Gasteiger partial charge in [-0.25, -0.2) is 0 Å². The van der Waals surface area contributed by atoms with Crippen LogP contribution in [0, 0.1) is 3.57 Å². The minimum atomic E-state index is 1.15. The third-order valence-corrected chi connectivity index (χ3v) is 3.36. The van der Waals surface area contributed by atoms with E-state index in [1.807, 2.05) is 0 Å². The van der Waals surface area contributed by atoms with Crippen molar-refractivity contribution in [2.24, 2.45) is 0 Å². The Kier molecular flexibility index (Phi) is 4.67. The third kappa shape index (κ3) is 3.18. The zero-order chi connectivity index (χ0) is 8.27.